The van der Waals surface area contributed by atoms with Crippen LogP contribution in [0.3, 0.4) is 0 Å². The van der Waals surface area contributed by atoms with Gasteiger partial charge in [-0.25, -0.2) is 0 Å². The van der Waals surface area contributed by atoms with Gasteiger partial charge in [0.25, 0.3) is 0 Å². The van der Waals surface area contributed by atoms with Crippen molar-refractivity contribution in [2.45, 2.75) is 32.0 Å². The number of nitrogens with zero attached hydrogens (tertiary/aromatic N) is 4. The van der Waals surface area contributed by atoms with Crippen molar-refractivity contribution < 1.29 is 0 Å². The molecule has 6 heteroatoms. The SMILES string of the molecule is Clc1ccc2c(c1)C(c1ccccc1)=NCc1nnc(CNC3CC3)n1-2. The molecule has 2 heterocycles. The van der Waals surface area contributed by atoms with Gasteiger partial charge in [-0.3, -0.25) is 9.56 Å². The average molecular weight is 364 g/mol. The molecule has 0 bridgehead atoms. The van der Waals surface area contributed by atoms with Crippen molar-refractivity contribution in [3.05, 3.63) is 76.3 Å². The zero-order valence-electron chi connectivity index (χ0n) is 14.2. The van der Waals surface area contributed by atoms with Crippen LogP contribution in [0.4, 0.5) is 0 Å². The first-order valence-corrected chi connectivity index (χ1v) is 9.24. The molecule has 1 fully saturated rings. The predicted molar refractivity (Wildman–Crippen MR) is 102 cm³/mol. The molecule has 0 atom stereocenters. The maximum Gasteiger partial charge on any atom is 0.159 e. The standard InChI is InChI=1S/C20H18ClN5/c21-14-6-9-17-16(10-14)20(13-4-2-1-3-5-13)23-12-19-25-24-18(26(17)19)11-22-15-7-8-15/h1-6,9-10,15,22H,7-8,11-12H2. The molecule has 0 saturated heterocycles. The molecule has 5 rings (SSSR count). The summed E-state index contributed by atoms with van der Waals surface area (Å²) in [5, 5.41) is 13.0. The molecule has 0 radical (unpaired) electrons. The van der Waals surface area contributed by atoms with Gasteiger partial charge in [-0.05, 0) is 31.0 Å². The fourth-order valence-corrected chi connectivity index (χ4v) is 3.51. The van der Waals surface area contributed by atoms with Gasteiger partial charge in [0.1, 0.15) is 6.54 Å². The van der Waals surface area contributed by atoms with Gasteiger partial charge in [0.15, 0.2) is 11.6 Å². The van der Waals surface area contributed by atoms with Crippen LogP contribution in [0.15, 0.2) is 53.5 Å². The van der Waals surface area contributed by atoms with E-state index in [2.05, 4.69) is 32.2 Å². The second-order valence-electron chi connectivity index (χ2n) is 6.72. The van der Waals surface area contributed by atoms with Crippen molar-refractivity contribution in [1.29, 1.82) is 0 Å². The molecule has 5 nitrogen and oxygen atoms in total. The number of benzene rings is 2. The predicted octanol–water partition coefficient (Wildman–Crippen LogP) is 3.52. The number of aliphatic imine (C=N–C) groups is 1. The molecular weight excluding hydrogens is 346 g/mol. The average Bonchev–Trinajstić information content (AvgIpc) is 3.44. The van der Waals surface area contributed by atoms with Crippen LogP contribution in [0.5, 0.6) is 0 Å². The maximum atomic E-state index is 6.33. The number of fused-ring (bicyclic) bond motifs is 3. The highest BCUT2D eigenvalue weighted by molar-refractivity contribution is 6.31. The van der Waals surface area contributed by atoms with Gasteiger partial charge >= 0.3 is 0 Å². The zero-order valence-corrected chi connectivity index (χ0v) is 14.9. The minimum Gasteiger partial charge on any atom is -0.307 e. The smallest absolute Gasteiger partial charge is 0.159 e. The third-order valence-corrected chi connectivity index (χ3v) is 5.04. The van der Waals surface area contributed by atoms with Crippen LogP contribution in [-0.4, -0.2) is 26.5 Å². The monoisotopic (exact) mass is 363 g/mol. The van der Waals surface area contributed by atoms with E-state index in [0.717, 1.165) is 34.2 Å². The van der Waals surface area contributed by atoms with E-state index < -0.39 is 0 Å². The summed E-state index contributed by atoms with van der Waals surface area (Å²) in [5.74, 6) is 1.77. The molecule has 1 aliphatic heterocycles. The number of nitrogens with one attached hydrogen (secondary N) is 1. The zero-order chi connectivity index (χ0) is 17.5. The highest BCUT2D eigenvalue weighted by Gasteiger charge is 2.25. The third kappa shape index (κ3) is 2.83. The Balaban J connectivity index is 1.64. The Morgan fingerprint density at radius 3 is 2.73 bits per heavy atom. The lowest BCUT2D eigenvalue weighted by molar-refractivity contribution is 0.645. The first kappa shape index (κ1) is 15.7. The first-order valence-electron chi connectivity index (χ1n) is 8.86. The van der Waals surface area contributed by atoms with Gasteiger partial charge < -0.3 is 5.32 Å². The molecule has 2 aliphatic rings. The van der Waals surface area contributed by atoms with E-state index in [9.17, 15) is 0 Å². The Bertz CT molecular complexity index is 989. The summed E-state index contributed by atoms with van der Waals surface area (Å²) in [6, 6.07) is 16.8. The summed E-state index contributed by atoms with van der Waals surface area (Å²) >= 11 is 6.33. The molecule has 1 aromatic heterocycles. The van der Waals surface area contributed by atoms with Gasteiger partial charge in [-0.2, -0.15) is 0 Å². The van der Waals surface area contributed by atoms with Crippen molar-refractivity contribution in [3.8, 4) is 5.69 Å². The quantitative estimate of drug-likeness (QED) is 0.771. The topological polar surface area (TPSA) is 55.1 Å². The van der Waals surface area contributed by atoms with Crippen LogP contribution in [0.2, 0.25) is 5.02 Å². The summed E-state index contributed by atoms with van der Waals surface area (Å²) in [6.45, 7) is 1.20. The summed E-state index contributed by atoms with van der Waals surface area (Å²) in [7, 11) is 0. The Hall–Kier alpha value is -2.50. The van der Waals surface area contributed by atoms with Crippen LogP contribution in [0, 0.1) is 0 Å². The summed E-state index contributed by atoms with van der Waals surface area (Å²) in [5.41, 5.74) is 4.05. The van der Waals surface area contributed by atoms with Crippen molar-refractivity contribution in [3.63, 3.8) is 0 Å². The molecule has 1 N–H and O–H groups in total. The van der Waals surface area contributed by atoms with Gasteiger partial charge in [-0.1, -0.05) is 41.9 Å². The molecule has 0 amide bonds. The Morgan fingerprint density at radius 1 is 1.08 bits per heavy atom. The van der Waals surface area contributed by atoms with Gasteiger partial charge in [0.05, 0.1) is 17.9 Å². The molecule has 1 aliphatic carbocycles. The molecule has 0 spiro atoms. The first-order chi connectivity index (χ1) is 12.8. The number of hydrogen-bond donors (Lipinski definition) is 1. The second-order valence-corrected chi connectivity index (χ2v) is 7.15. The van der Waals surface area contributed by atoms with E-state index in [1.807, 2.05) is 36.4 Å². The van der Waals surface area contributed by atoms with Crippen molar-refractivity contribution in [2.75, 3.05) is 0 Å². The fraction of sp³-hybridized carbons (Fsp3) is 0.250. The Morgan fingerprint density at radius 2 is 1.92 bits per heavy atom. The van der Waals surface area contributed by atoms with Crippen molar-refractivity contribution in [2.24, 2.45) is 4.99 Å². The largest absolute Gasteiger partial charge is 0.307 e. The summed E-state index contributed by atoms with van der Waals surface area (Å²) in [4.78, 5) is 4.85. The maximum absolute atomic E-state index is 6.33. The molecular formula is C20H18ClN5. The third-order valence-electron chi connectivity index (χ3n) is 4.80. The van der Waals surface area contributed by atoms with Crippen LogP contribution >= 0.6 is 11.6 Å². The second kappa shape index (κ2) is 6.34. The summed E-state index contributed by atoms with van der Waals surface area (Å²) in [6.07, 6.45) is 2.49. The number of hydrogen-bond acceptors (Lipinski definition) is 4. The highest BCUT2D eigenvalue weighted by Crippen LogP contribution is 2.28. The number of halogens is 1. The molecule has 0 unspecified atom stereocenters. The minimum absolute atomic E-state index is 0.493. The van der Waals surface area contributed by atoms with E-state index in [1.165, 1.54) is 12.8 Å². The van der Waals surface area contributed by atoms with E-state index in [1.54, 1.807) is 0 Å². The normalized spacial score (nSPS) is 15.8. The van der Waals surface area contributed by atoms with E-state index >= 15 is 0 Å². The lowest BCUT2D eigenvalue weighted by atomic mass is 10.0. The van der Waals surface area contributed by atoms with E-state index in [-0.39, 0.29) is 0 Å². The fourth-order valence-electron chi connectivity index (χ4n) is 3.34. The van der Waals surface area contributed by atoms with Crippen LogP contribution in [-0.2, 0) is 13.1 Å². The van der Waals surface area contributed by atoms with Gasteiger partial charge in [0.2, 0.25) is 0 Å². The van der Waals surface area contributed by atoms with Crippen LogP contribution in [0.1, 0.15) is 35.6 Å². The lowest BCUT2D eigenvalue weighted by Gasteiger charge is -2.14. The van der Waals surface area contributed by atoms with E-state index in [4.69, 9.17) is 16.6 Å². The van der Waals surface area contributed by atoms with Gasteiger partial charge in [0, 0.05) is 22.2 Å². The van der Waals surface area contributed by atoms with Crippen LogP contribution in [0.25, 0.3) is 5.69 Å². The summed E-state index contributed by atoms with van der Waals surface area (Å²) < 4.78 is 2.13. The van der Waals surface area contributed by atoms with Gasteiger partial charge in [-0.15, -0.1) is 10.2 Å². The van der Waals surface area contributed by atoms with E-state index in [0.29, 0.717) is 24.2 Å². The lowest BCUT2D eigenvalue weighted by Crippen LogP contribution is -2.19. The molecule has 130 valence electrons. The minimum atomic E-state index is 0.493. The highest BCUT2D eigenvalue weighted by atomic mass is 35.5. The molecule has 3 aromatic rings. The van der Waals surface area contributed by atoms with Crippen molar-refractivity contribution >= 4 is 17.3 Å². The molecule has 2 aromatic carbocycles. The number of aromatic nitrogens is 3. The molecule has 1 saturated carbocycles. The number of rotatable bonds is 4. The molecule has 26 heavy (non-hydrogen) atoms. The Kier molecular flexibility index (Phi) is 3.84. The van der Waals surface area contributed by atoms with Crippen molar-refractivity contribution in [1.82, 2.24) is 20.1 Å². The van der Waals surface area contributed by atoms with Crippen LogP contribution < -0.4 is 5.32 Å². The Labute approximate surface area is 156 Å².